The van der Waals surface area contributed by atoms with E-state index in [9.17, 15) is 9.59 Å². The molecule has 1 saturated heterocycles. The smallest absolute Gasteiger partial charge is 0.337 e. The molecule has 1 aliphatic rings. The molecule has 9 heteroatoms. The van der Waals surface area contributed by atoms with Gasteiger partial charge < -0.3 is 14.2 Å². The zero-order chi connectivity index (χ0) is 23.3. The maximum absolute atomic E-state index is 12.8. The number of benzene rings is 2. The van der Waals surface area contributed by atoms with Gasteiger partial charge in [-0.05, 0) is 96.2 Å². The minimum atomic E-state index is -0.409. The van der Waals surface area contributed by atoms with Gasteiger partial charge in [0.15, 0.2) is 16.7 Å². The Labute approximate surface area is 205 Å². The van der Waals surface area contributed by atoms with Crippen LogP contribution in [0.2, 0.25) is 0 Å². The van der Waals surface area contributed by atoms with Crippen LogP contribution in [-0.4, -0.2) is 49.3 Å². The summed E-state index contributed by atoms with van der Waals surface area (Å²) >= 11 is 3.50. The van der Waals surface area contributed by atoms with E-state index in [0.717, 1.165) is 9.13 Å². The zero-order valence-corrected chi connectivity index (χ0v) is 21.2. The Balaban J connectivity index is 1.88. The van der Waals surface area contributed by atoms with Crippen molar-refractivity contribution in [2.75, 3.05) is 27.4 Å². The van der Waals surface area contributed by atoms with E-state index < -0.39 is 5.97 Å². The Morgan fingerprint density at radius 1 is 1.16 bits per heavy atom. The molecule has 1 amide bonds. The third kappa shape index (κ3) is 5.44. The number of likely N-dealkylation sites (N-methyl/N-ethyl adjacent to an activating group) is 1. The molecule has 0 spiro atoms. The number of carbonyl (C=O) groups excluding carboxylic acids is 2. The summed E-state index contributed by atoms with van der Waals surface area (Å²) in [6.45, 7) is 4.89. The molecule has 0 aromatic heterocycles. The van der Waals surface area contributed by atoms with E-state index in [1.165, 1.54) is 23.8 Å². The Morgan fingerprint density at radius 3 is 2.47 bits per heavy atom. The van der Waals surface area contributed by atoms with Crippen molar-refractivity contribution in [3.63, 3.8) is 0 Å². The Morgan fingerprint density at radius 2 is 1.84 bits per heavy atom. The molecule has 1 aliphatic heterocycles. The van der Waals surface area contributed by atoms with Crippen molar-refractivity contribution >= 4 is 63.2 Å². The van der Waals surface area contributed by atoms with Crippen LogP contribution in [-0.2, 0) is 9.53 Å². The van der Waals surface area contributed by atoms with Gasteiger partial charge in [0.25, 0.3) is 5.91 Å². The highest BCUT2D eigenvalue weighted by Gasteiger charge is 2.30. The molecule has 0 N–H and O–H groups in total. The number of nitrogens with zero attached hydrogens (tertiary/aromatic N) is 2. The zero-order valence-electron chi connectivity index (χ0n) is 18.2. The number of amides is 1. The minimum absolute atomic E-state index is 0.137. The van der Waals surface area contributed by atoms with Crippen molar-refractivity contribution in [3.8, 4) is 11.5 Å². The van der Waals surface area contributed by atoms with E-state index in [0.29, 0.717) is 46.0 Å². The molecule has 2 aromatic rings. The van der Waals surface area contributed by atoms with Crippen molar-refractivity contribution in [1.82, 2.24) is 4.90 Å². The summed E-state index contributed by atoms with van der Waals surface area (Å²) < 4.78 is 17.1. The maximum Gasteiger partial charge on any atom is 0.337 e. The van der Waals surface area contributed by atoms with Crippen LogP contribution < -0.4 is 9.47 Å². The molecular formula is C23H23IN2O5S. The summed E-state index contributed by atoms with van der Waals surface area (Å²) in [5.74, 6) is 0.809. The van der Waals surface area contributed by atoms with Crippen molar-refractivity contribution in [3.05, 3.63) is 56.0 Å². The fraction of sp³-hybridized carbons (Fsp3) is 0.261. The predicted octanol–water partition coefficient (Wildman–Crippen LogP) is 5.11. The van der Waals surface area contributed by atoms with E-state index in [1.807, 2.05) is 32.1 Å². The van der Waals surface area contributed by atoms with E-state index in [1.54, 1.807) is 31.3 Å². The number of thioether (sulfide) groups is 1. The number of esters is 1. The van der Waals surface area contributed by atoms with Crippen LogP contribution in [0.15, 0.2) is 46.3 Å². The maximum atomic E-state index is 12.8. The first kappa shape index (κ1) is 24.1. The molecule has 0 saturated carbocycles. The molecule has 0 atom stereocenters. The summed E-state index contributed by atoms with van der Waals surface area (Å²) in [6.07, 6.45) is 1.83. The van der Waals surface area contributed by atoms with Crippen LogP contribution in [0.5, 0.6) is 11.5 Å². The number of aliphatic imine (C=N–C) groups is 1. The number of hydrogen-bond donors (Lipinski definition) is 0. The second-order valence-corrected chi connectivity index (χ2v) is 8.77. The fourth-order valence-corrected chi connectivity index (χ4v) is 4.69. The Kier molecular flexibility index (Phi) is 8.19. The Bertz CT molecular complexity index is 1080. The van der Waals surface area contributed by atoms with Gasteiger partial charge in [0.05, 0.1) is 40.0 Å². The highest BCUT2D eigenvalue weighted by atomic mass is 127. The molecule has 0 unspecified atom stereocenters. The largest absolute Gasteiger partial charge is 0.490 e. The van der Waals surface area contributed by atoms with Crippen molar-refractivity contribution in [2.24, 2.45) is 4.99 Å². The van der Waals surface area contributed by atoms with Gasteiger partial charge in [-0.1, -0.05) is 0 Å². The molecule has 7 nitrogen and oxygen atoms in total. The minimum Gasteiger partial charge on any atom is -0.490 e. The predicted molar refractivity (Wildman–Crippen MR) is 135 cm³/mol. The topological polar surface area (TPSA) is 77.4 Å². The number of amidine groups is 1. The van der Waals surface area contributed by atoms with Gasteiger partial charge in [0, 0.05) is 7.05 Å². The lowest BCUT2D eigenvalue weighted by molar-refractivity contribution is -0.121. The second kappa shape index (κ2) is 10.9. The van der Waals surface area contributed by atoms with Gasteiger partial charge in [0.2, 0.25) is 0 Å². The standard InChI is InChI=1S/C23H23IN2O5S/c1-5-30-18-12-14(11-17(24)20(18)31-6-2)13-19-21(27)26(3)23(32-19)25-16-9-7-15(8-10-16)22(28)29-4/h7-13H,5-6H2,1-4H3/b19-13+,25-23?. The highest BCUT2D eigenvalue weighted by Crippen LogP contribution is 2.37. The van der Waals surface area contributed by atoms with Crippen LogP contribution in [0.1, 0.15) is 29.8 Å². The number of carbonyl (C=O) groups is 2. The average Bonchev–Trinajstić information content (AvgIpc) is 3.04. The average molecular weight is 566 g/mol. The molecule has 0 bridgehead atoms. The van der Waals surface area contributed by atoms with Crippen LogP contribution >= 0.6 is 34.4 Å². The summed E-state index contributed by atoms with van der Waals surface area (Å²) in [6, 6.07) is 10.5. The summed E-state index contributed by atoms with van der Waals surface area (Å²) in [4.78, 5) is 31.0. The van der Waals surface area contributed by atoms with Gasteiger partial charge >= 0.3 is 5.97 Å². The number of rotatable bonds is 7. The van der Waals surface area contributed by atoms with E-state index in [2.05, 4.69) is 27.6 Å². The fourth-order valence-electron chi connectivity index (χ4n) is 2.92. The first-order valence-corrected chi connectivity index (χ1v) is 11.8. The van der Waals surface area contributed by atoms with Crippen LogP contribution in [0.3, 0.4) is 0 Å². The lowest BCUT2D eigenvalue weighted by Crippen LogP contribution is -2.23. The molecule has 168 valence electrons. The van der Waals surface area contributed by atoms with Gasteiger partial charge in [-0.2, -0.15) is 0 Å². The SMILES string of the molecule is CCOc1cc(/C=C2/SC(=Nc3ccc(C(=O)OC)cc3)N(C)C2=O)cc(I)c1OCC. The van der Waals surface area contributed by atoms with Crippen LogP contribution in [0.25, 0.3) is 6.08 Å². The number of ether oxygens (including phenoxy) is 3. The van der Waals surface area contributed by atoms with Crippen molar-refractivity contribution in [1.29, 1.82) is 0 Å². The second-order valence-electron chi connectivity index (χ2n) is 6.60. The molecular weight excluding hydrogens is 543 g/mol. The molecule has 1 fully saturated rings. The summed E-state index contributed by atoms with van der Waals surface area (Å²) in [7, 11) is 3.02. The first-order chi connectivity index (χ1) is 15.4. The van der Waals surface area contributed by atoms with Gasteiger partial charge in [0.1, 0.15) is 0 Å². The number of methoxy groups -OCH3 is 1. The number of hydrogen-bond acceptors (Lipinski definition) is 7. The molecule has 0 radical (unpaired) electrons. The van der Waals surface area contributed by atoms with Crippen molar-refractivity contribution < 1.29 is 23.8 Å². The third-order valence-electron chi connectivity index (χ3n) is 4.43. The molecule has 32 heavy (non-hydrogen) atoms. The van der Waals surface area contributed by atoms with Gasteiger partial charge in [-0.25, -0.2) is 9.79 Å². The van der Waals surface area contributed by atoms with E-state index in [-0.39, 0.29) is 5.91 Å². The van der Waals surface area contributed by atoms with E-state index >= 15 is 0 Å². The molecule has 0 aliphatic carbocycles. The molecule has 3 rings (SSSR count). The molecule has 1 heterocycles. The quantitative estimate of drug-likeness (QED) is 0.264. The summed E-state index contributed by atoms with van der Waals surface area (Å²) in [5, 5.41) is 0.553. The third-order valence-corrected chi connectivity index (χ3v) is 6.30. The Hall–Kier alpha value is -2.53. The number of halogens is 1. The van der Waals surface area contributed by atoms with Crippen LogP contribution in [0.4, 0.5) is 5.69 Å². The first-order valence-electron chi connectivity index (χ1n) is 9.91. The highest BCUT2D eigenvalue weighted by molar-refractivity contribution is 14.1. The molecule has 2 aromatic carbocycles. The summed E-state index contributed by atoms with van der Waals surface area (Å²) in [5.41, 5.74) is 1.92. The van der Waals surface area contributed by atoms with E-state index in [4.69, 9.17) is 14.2 Å². The lowest BCUT2D eigenvalue weighted by Gasteiger charge is -2.13. The van der Waals surface area contributed by atoms with Gasteiger partial charge in [-0.3, -0.25) is 9.69 Å². The van der Waals surface area contributed by atoms with Gasteiger partial charge in [-0.15, -0.1) is 0 Å². The monoisotopic (exact) mass is 566 g/mol. The normalized spacial score (nSPS) is 16.0. The van der Waals surface area contributed by atoms with Crippen LogP contribution in [0, 0.1) is 3.57 Å². The lowest BCUT2D eigenvalue weighted by atomic mass is 10.2. The van der Waals surface area contributed by atoms with Crippen molar-refractivity contribution in [2.45, 2.75) is 13.8 Å².